The van der Waals surface area contributed by atoms with Gasteiger partial charge in [-0.15, -0.1) is 5.10 Å². The lowest BCUT2D eigenvalue weighted by Crippen LogP contribution is -2.26. The molecular formula is C14H29N5O. The lowest BCUT2D eigenvalue weighted by molar-refractivity contribution is 0.124. The van der Waals surface area contributed by atoms with Crippen molar-refractivity contribution in [3.05, 3.63) is 5.82 Å². The molecule has 0 spiro atoms. The van der Waals surface area contributed by atoms with E-state index in [4.69, 9.17) is 4.74 Å². The molecule has 1 rings (SSSR count). The normalized spacial score (nSPS) is 13.1. The highest BCUT2D eigenvalue weighted by molar-refractivity contribution is 4.89. The van der Waals surface area contributed by atoms with E-state index in [0.717, 1.165) is 45.0 Å². The molecule has 0 bridgehead atoms. The number of ether oxygens (including phenoxy) is 1. The molecular weight excluding hydrogens is 254 g/mol. The Balaban J connectivity index is 2.30. The van der Waals surface area contributed by atoms with Gasteiger partial charge in [0.05, 0.1) is 6.04 Å². The molecule has 1 heterocycles. The smallest absolute Gasteiger partial charge is 0.167 e. The first-order chi connectivity index (χ1) is 9.65. The summed E-state index contributed by atoms with van der Waals surface area (Å²) in [7, 11) is 0. The van der Waals surface area contributed by atoms with Gasteiger partial charge in [0.1, 0.15) is 0 Å². The molecule has 0 aliphatic rings. The first kappa shape index (κ1) is 17.0. The fourth-order valence-corrected chi connectivity index (χ4v) is 1.85. The number of nitrogens with one attached hydrogen (secondary N) is 1. The van der Waals surface area contributed by atoms with E-state index in [0.29, 0.717) is 5.92 Å². The molecule has 0 aromatic carbocycles. The summed E-state index contributed by atoms with van der Waals surface area (Å²) in [4.78, 5) is 0. The summed E-state index contributed by atoms with van der Waals surface area (Å²) in [6.07, 6.45) is 3.25. The number of unbranched alkanes of at least 4 members (excludes halogenated alkanes) is 1. The number of tetrazole rings is 1. The zero-order chi connectivity index (χ0) is 14.8. The topological polar surface area (TPSA) is 64.9 Å². The number of nitrogens with zero attached hydrogens (tertiary/aromatic N) is 4. The van der Waals surface area contributed by atoms with Gasteiger partial charge in [0, 0.05) is 19.8 Å². The van der Waals surface area contributed by atoms with Crippen LogP contribution in [0, 0.1) is 5.92 Å². The average molecular weight is 283 g/mol. The Morgan fingerprint density at radius 3 is 2.65 bits per heavy atom. The summed E-state index contributed by atoms with van der Waals surface area (Å²) >= 11 is 0. The lowest BCUT2D eigenvalue weighted by Gasteiger charge is -2.15. The van der Waals surface area contributed by atoms with Gasteiger partial charge in [-0.05, 0) is 42.7 Å². The van der Waals surface area contributed by atoms with Gasteiger partial charge >= 0.3 is 0 Å². The predicted octanol–water partition coefficient (Wildman–Crippen LogP) is 2.19. The molecule has 1 N–H and O–H groups in total. The highest BCUT2D eigenvalue weighted by Gasteiger charge is 2.13. The average Bonchev–Trinajstić information content (AvgIpc) is 2.88. The van der Waals surface area contributed by atoms with Crippen molar-refractivity contribution in [3.63, 3.8) is 0 Å². The van der Waals surface area contributed by atoms with Crippen LogP contribution in [0.1, 0.15) is 58.8 Å². The molecule has 1 unspecified atom stereocenters. The molecule has 6 heteroatoms. The summed E-state index contributed by atoms with van der Waals surface area (Å²) < 4.78 is 7.43. The van der Waals surface area contributed by atoms with Crippen molar-refractivity contribution in [3.8, 4) is 0 Å². The minimum Gasteiger partial charge on any atom is -0.381 e. The van der Waals surface area contributed by atoms with Crippen LogP contribution in [0.4, 0.5) is 0 Å². The Kier molecular flexibility index (Phi) is 8.37. The maximum Gasteiger partial charge on any atom is 0.167 e. The maximum atomic E-state index is 5.55. The highest BCUT2D eigenvalue weighted by Crippen LogP contribution is 2.08. The molecule has 0 amide bonds. The van der Waals surface area contributed by atoms with Gasteiger partial charge in [0.15, 0.2) is 5.82 Å². The second-order valence-corrected chi connectivity index (χ2v) is 5.60. The molecule has 0 aliphatic carbocycles. The maximum absolute atomic E-state index is 5.55. The van der Waals surface area contributed by atoms with Crippen LogP contribution in [0.15, 0.2) is 0 Å². The van der Waals surface area contributed by atoms with Gasteiger partial charge < -0.3 is 10.1 Å². The van der Waals surface area contributed by atoms with Crippen molar-refractivity contribution in [2.24, 2.45) is 5.92 Å². The minimum atomic E-state index is 0.174. The number of aromatic nitrogens is 4. The van der Waals surface area contributed by atoms with Crippen LogP contribution in [0.5, 0.6) is 0 Å². The molecule has 1 aromatic rings. The standard InChI is InChI=1S/C14H29N5O/c1-5-6-9-20-10-7-8-19-14(16-17-18-19)13(4)15-11-12(2)3/h12-13,15H,5-11H2,1-4H3. The molecule has 116 valence electrons. The SMILES string of the molecule is CCCCOCCCn1nnnc1C(C)NCC(C)C. The van der Waals surface area contributed by atoms with Crippen LogP contribution in [0.25, 0.3) is 0 Å². The van der Waals surface area contributed by atoms with Crippen LogP contribution in [-0.4, -0.2) is 40.0 Å². The number of hydrogen-bond donors (Lipinski definition) is 1. The molecule has 6 nitrogen and oxygen atoms in total. The number of aryl methyl sites for hydroxylation is 1. The molecule has 20 heavy (non-hydrogen) atoms. The third kappa shape index (κ3) is 6.43. The van der Waals surface area contributed by atoms with Gasteiger partial charge in [-0.1, -0.05) is 27.2 Å². The monoisotopic (exact) mass is 283 g/mol. The van der Waals surface area contributed by atoms with Crippen molar-refractivity contribution in [1.29, 1.82) is 0 Å². The zero-order valence-corrected chi connectivity index (χ0v) is 13.3. The Labute approximate surface area is 122 Å². The van der Waals surface area contributed by atoms with E-state index in [-0.39, 0.29) is 6.04 Å². The fraction of sp³-hybridized carbons (Fsp3) is 0.929. The predicted molar refractivity (Wildman–Crippen MR) is 79.4 cm³/mol. The Hall–Kier alpha value is -1.01. The quantitative estimate of drug-likeness (QED) is 0.631. The molecule has 1 atom stereocenters. The number of rotatable bonds is 11. The van der Waals surface area contributed by atoms with E-state index in [2.05, 4.69) is 48.5 Å². The molecule has 0 saturated heterocycles. The Bertz CT molecular complexity index is 353. The van der Waals surface area contributed by atoms with Gasteiger partial charge in [-0.25, -0.2) is 4.68 Å². The van der Waals surface area contributed by atoms with Crippen molar-refractivity contribution in [2.75, 3.05) is 19.8 Å². The second-order valence-electron chi connectivity index (χ2n) is 5.60. The Morgan fingerprint density at radius 2 is 1.95 bits per heavy atom. The molecule has 0 aliphatic heterocycles. The summed E-state index contributed by atoms with van der Waals surface area (Å²) in [5.74, 6) is 1.52. The van der Waals surface area contributed by atoms with Crippen LogP contribution < -0.4 is 5.32 Å². The Morgan fingerprint density at radius 1 is 1.20 bits per heavy atom. The fourth-order valence-electron chi connectivity index (χ4n) is 1.85. The molecule has 0 saturated carbocycles. The van der Waals surface area contributed by atoms with Crippen LogP contribution in [0.2, 0.25) is 0 Å². The van der Waals surface area contributed by atoms with E-state index in [1.165, 1.54) is 6.42 Å². The first-order valence-corrected chi connectivity index (χ1v) is 7.72. The number of hydrogen-bond acceptors (Lipinski definition) is 5. The van der Waals surface area contributed by atoms with Gasteiger partial charge in [0.2, 0.25) is 0 Å². The van der Waals surface area contributed by atoms with Crippen molar-refractivity contribution in [1.82, 2.24) is 25.5 Å². The van der Waals surface area contributed by atoms with Gasteiger partial charge in [-0.3, -0.25) is 0 Å². The highest BCUT2D eigenvalue weighted by atomic mass is 16.5. The second kappa shape index (κ2) is 9.83. The van der Waals surface area contributed by atoms with E-state index < -0.39 is 0 Å². The van der Waals surface area contributed by atoms with Crippen LogP contribution in [-0.2, 0) is 11.3 Å². The van der Waals surface area contributed by atoms with E-state index in [9.17, 15) is 0 Å². The van der Waals surface area contributed by atoms with Crippen LogP contribution >= 0.6 is 0 Å². The third-order valence-corrected chi connectivity index (χ3v) is 3.08. The molecule has 1 aromatic heterocycles. The van der Waals surface area contributed by atoms with Crippen molar-refractivity contribution < 1.29 is 4.74 Å². The summed E-state index contributed by atoms with van der Waals surface area (Å²) in [6, 6.07) is 0.174. The van der Waals surface area contributed by atoms with Crippen molar-refractivity contribution in [2.45, 2.75) is 59.5 Å². The lowest BCUT2D eigenvalue weighted by atomic mass is 10.2. The largest absolute Gasteiger partial charge is 0.381 e. The summed E-state index contributed by atoms with van der Waals surface area (Å²) in [5.41, 5.74) is 0. The van der Waals surface area contributed by atoms with Crippen LogP contribution in [0.3, 0.4) is 0 Å². The minimum absolute atomic E-state index is 0.174. The first-order valence-electron chi connectivity index (χ1n) is 7.72. The van der Waals surface area contributed by atoms with Gasteiger partial charge in [0.25, 0.3) is 0 Å². The van der Waals surface area contributed by atoms with Gasteiger partial charge in [-0.2, -0.15) is 0 Å². The molecule has 0 fully saturated rings. The summed E-state index contributed by atoms with van der Waals surface area (Å²) in [6.45, 7) is 12.0. The van der Waals surface area contributed by atoms with E-state index >= 15 is 0 Å². The van der Waals surface area contributed by atoms with Crippen molar-refractivity contribution >= 4 is 0 Å². The molecule has 0 radical (unpaired) electrons. The zero-order valence-electron chi connectivity index (χ0n) is 13.3. The van der Waals surface area contributed by atoms with E-state index in [1.807, 2.05) is 4.68 Å². The summed E-state index contributed by atoms with van der Waals surface area (Å²) in [5, 5.41) is 15.4. The van der Waals surface area contributed by atoms with E-state index in [1.54, 1.807) is 0 Å². The third-order valence-electron chi connectivity index (χ3n) is 3.08.